The molecule has 0 amide bonds. The van der Waals surface area contributed by atoms with Gasteiger partial charge in [-0.1, -0.05) is 31.1 Å². The van der Waals surface area contributed by atoms with Gasteiger partial charge in [0.25, 0.3) is 0 Å². The molecule has 0 bridgehead atoms. The van der Waals surface area contributed by atoms with E-state index >= 15 is 0 Å². The van der Waals surface area contributed by atoms with E-state index in [0.717, 1.165) is 29.7 Å². The zero-order valence-corrected chi connectivity index (χ0v) is 15.7. The lowest BCUT2D eigenvalue weighted by Gasteiger charge is -2.11. The third kappa shape index (κ3) is 5.05. The fourth-order valence-corrected chi connectivity index (χ4v) is 2.29. The van der Waals surface area contributed by atoms with Gasteiger partial charge in [0.15, 0.2) is 0 Å². The van der Waals surface area contributed by atoms with Gasteiger partial charge in [-0.05, 0) is 39.8 Å². The summed E-state index contributed by atoms with van der Waals surface area (Å²) in [7, 11) is 2.00. The molecule has 130 valence electrons. The third-order valence-electron chi connectivity index (χ3n) is 3.52. The molecule has 0 atom stereocenters. The molecule has 2 N–H and O–H groups in total. The number of rotatable bonds is 1. The minimum absolute atomic E-state index is 0.982. The maximum Gasteiger partial charge on any atom is 0.115 e. The van der Waals surface area contributed by atoms with E-state index in [1.807, 2.05) is 51.8 Å². The summed E-state index contributed by atoms with van der Waals surface area (Å²) in [5.74, 6) is 0. The molecule has 0 aliphatic heterocycles. The Bertz CT molecular complexity index is 692. The molecule has 5 heteroatoms. The van der Waals surface area contributed by atoms with Crippen LogP contribution in [0.2, 0.25) is 0 Å². The second-order valence-electron chi connectivity index (χ2n) is 5.69. The molecular weight excluding hydrogens is 298 g/mol. The number of fused-ring (bicyclic) bond motifs is 1. The number of allylic oxidation sites excluding steroid dienone is 2. The molecule has 2 heterocycles. The van der Waals surface area contributed by atoms with Crippen LogP contribution >= 0.6 is 0 Å². The van der Waals surface area contributed by atoms with Gasteiger partial charge < -0.3 is 5.73 Å². The van der Waals surface area contributed by atoms with Gasteiger partial charge in [0.2, 0.25) is 0 Å². The van der Waals surface area contributed by atoms with E-state index in [0.29, 0.717) is 0 Å². The Hall–Kier alpha value is -2.43. The number of aryl methyl sites for hydroxylation is 1. The first-order valence-corrected chi connectivity index (χ1v) is 8.36. The van der Waals surface area contributed by atoms with E-state index in [2.05, 4.69) is 28.1 Å². The van der Waals surface area contributed by atoms with Gasteiger partial charge in [-0.15, -0.1) is 0 Å². The van der Waals surface area contributed by atoms with Crippen molar-refractivity contribution < 1.29 is 0 Å². The van der Waals surface area contributed by atoms with Crippen LogP contribution in [-0.2, 0) is 13.5 Å². The average molecular weight is 327 g/mol. The molecule has 0 unspecified atom stereocenters. The lowest BCUT2D eigenvalue weighted by atomic mass is 9.95. The maximum absolute atomic E-state index is 5.01. The van der Waals surface area contributed by atoms with Crippen molar-refractivity contribution in [1.29, 1.82) is 0 Å². The van der Waals surface area contributed by atoms with Crippen molar-refractivity contribution in [3.8, 4) is 11.3 Å². The molecule has 5 nitrogen and oxygen atoms in total. The monoisotopic (exact) mass is 327 g/mol. The second kappa shape index (κ2) is 9.65. The van der Waals surface area contributed by atoms with Crippen LogP contribution in [0.1, 0.15) is 52.3 Å². The highest BCUT2D eigenvalue weighted by Gasteiger charge is 2.19. The van der Waals surface area contributed by atoms with E-state index in [9.17, 15) is 0 Å². The van der Waals surface area contributed by atoms with E-state index in [-0.39, 0.29) is 0 Å². The minimum atomic E-state index is 0.982. The van der Waals surface area contributed by atoms with Crippen molar-refractivity contribution in [1.82, 2.24) is 19.7 Å². The standard InChI is InChI=1S/C13H14N4.C4H9N.C2H6/c1-9-3-4-12-11(5-9)13(16-17(12)2)10-6-14-8-15-7-10;1-4(2)3-5;1-2/h5-8H,3-4H2,1-2H3;3H,5H2,1-2H3;1-2H3. The Morgan fingerprint density at radius 2 is 1.75 bits per heavy atom. The Morgan fingerprint density at radius 3 is 2.29 bits per heavy atom. The molecule has 2 aromatic rings. The first-order valence-electron chi connectivity index (χ1n) is 8.36. The molecule has 1 aliphatic carbocycles. The molecule has 2 aromatic heterocycles. The zero-order chi connectivity index (χ0) is 18.1. The summed E-state index contributed by atoms with van der Waals surface area (Å²) in [6.07, 6.45) is 11.2. The van der Waals surface area contributed by atoms with Crippen molar-refractivity contribution in [2.24, 2.45) is 12.8 Å². The van der Waals surface area contributed by atoms with Crippen molar-refractivity contribution in [3.63, 3.8) is 0 Å². The predicted molar refractivity (Wildman–Crippen MR) is 101 cm³/mol. The van der Waals surface area contributed by atoms with Crippen molar-refractivity contribution in [3.05, 3.63) is 47.3 Å². The predicted octanol–water partition coefficient (Wildman–Crippen LogP) is 4.12. The average Bonchev–Trinajstić information content (AvgIpc) is 2.94. The number of nitrogens with zero attached hydrogens (tertiary/aromatic N) is 4. The SMILES string of the molecule is CC.CC(C)=CN.CC1=Cc2c(-c3cncnc3)nn(C)c2CC1. The maximum atomic E-state index is 5.01. The van der Waals surface area contributed by atoms with Crippen LogP contribution in [-0.4, -0.2) is 19.7 Å². The first kappa shape index (κ1) is 19.6. The zero-order valence-electron chi connectivity index (χ0n) is 15.7. The summed E-state index contributed by atoms with van der Waals surface area (Å²) in [4.78, 5) is 8.11. The minimum Gasteiger partial charge on any atom is -0.405 e. The Kier molecular flexibility index (Phi) is 7.89. The number of aromatic nitrogens is 4. The highest BCUT2D eigenvalue weighted by molar-refractivity contribution is 5.74. The molecule has 0 saturated heterocycles. The molecule has 0 radical (unpaired) electrons. The fraction of sp³-hybridized carbons (Fsp3) is 0.421. The highest BCUT2D eigenvalue weighted by atomic mass is 15.3. The topological polar surface area (TPSA) is 69.6 Å². The van der Waals surface area contributed by atoms with E-state index < -0.39 is 0 Å². The smallest absolute Gasteiger partial charge is 0.115 e. The summed E-state index contributed by atoms with van der Waals surface area (Å²) in [5, 5.41) is 4.59. The van der Waals surface area contributed by atoms with E-state index in [1.165, 1.54) is 16.8 Å². The first-order chi connectivity index (χ1) is 11.5. The Balaban J connectivity index is 0.000000356. The van der Waals surface area contributed by atoms with Crippen molar-refractivity contribution >= 4 is 6.08 Å². The molecule has 0 aromatic carbocycles. The van der Waals surface area contributed by atoms with Crippen molar-refractivity contribution in [2.75, 3.05) is 0 Å². The van der Waals surface area contributed by atoms with Gasteiger partial charge in [-0.2, -0.15) is 5.10 Å². The Morgan fingerprint density at radius 1 is 1.17 bits per heavy atom. The third-order valence-corrected chi connectivity index (χ3v) is 3.52. The summed E-state index contributed by atoms with van der Waals surface area (Å²) < 4.78 is 1.97. The van der Waals surface area contributed by atoms with Gasteiger partial charge in [0.05, 0.1) is 0 Å². The lowest BCUT2D eigenvalue weighted by Crippen LogP contribution is -2.02. The van der Waals surface area contributed by atoms with Crippen LogP contribution in [0.15, 0.2) is 36.1 Å². The summed E-state index contributed by atoms with van der Waals surface area (Å²) in [6, 6.07) is 0. The lowest BCUT2D eigenvalue weighted by molar-refractivity contribution is 0.700. The normalized spacial score (nSPS) is 11.8. The van der Waals surface area contributed by atoms with Gasteiger partial charge in [-0.25, -0.2) is 9.97 Å². The van der Waals surface area contributed by atoms with Crippen LogP contribution in [0.5, 0.6) is 0 Å². The van der Waals surface area contributed by atoms with Crippen LogP contribution in [0.25, 0.3) is 17.3 Å². The number of hydrogen-bond acceptors (Lipinski definition) is 4. The quantitative estimate of drug-likeness (QED) is 0.855. The summed E-state index contributed by atoms with van der Waals surface area (Å²) in [5.41, 5.74) is 12.1. The second-order valence-corrected chi connectivity index (χ2v) is 5.69. The van der Waals surface area contributed by atoms with Crippen LogP contribution < -0.4 is 5.73 Å². The van der Waals surface area contributed by atoms with Gasteiger partial charge in [0.1, 0.15) is 12.0 Å². The van der Waals surface area contributed by atoms with Gasteiger partial charge in [-0.3, -0.25) is 4.68 Å². The molecule has 24 heavy (non-hydrogen) atoms. The molecular formula is C19H29N5. The van der Waals surface area contributed by atoms with E-state index in [4.69, 9.17) is 5.73 Å². The molecule has 1 aliphatic rings. The van der Waals surface area contributed by atoms with Gasteiger partial charge in [0, 0.05) is 36.3 Å². The number of hydrogen-bond donors (Lipinski definition) is 1. The summed E-state index contributed by atoms with van der Waals surface area (Å²) >= 11 is 0. The molecule has 0 saturated carbocycles. The Labute approximate surface area is 145 Å². The molecule has 0 fully saturated rings. The largest absolute Gasteiger partial charge is 0.405 e. The van der Waals surface area contributed by atoms with Gasteiger partial charge >= 0.3 is 0 Å². The fourth-order valence-electron chi connectivity index (χ4n) is 2.29. The molecule has 3 rings (SSSR count). The highest BCUT2D eigenvalue weighted by Crippen LogP contribution is 2.31. The van der Waals surface area contributed by atoms with Crippen LogP contribution in [0.3, 0.4) is 0 Å². The van der Waals surface area contributed by atoms with E-state index in [1.54, 1.807) is 12.5 Å². The van der Waals surface area contributed by atoms with Crippen molar-refractivity contribution in [2.45, 2.75) is 47.5 Å². The summed E-state index contributed by atoms with van der Waals surface area (Å²) in [6.45, 7) is 10.1. The number of nitrogens with two attached hydrogens (primary N) is 1. The van der Waals surface area contributed by atoms with Crippen LogP contribution in [0.4, 0.5) is 0 Å². The van der Waals surface area contributed by atoms with Crippen LogP contribution in [0, 0.1) is 0 Å². The molecule has 0 spiro atoms.